The van der Waals surface area contributed by atoms with Crippen LogP contribution in [-0.2, 0) is 9.31 Å². The lowest BCUT2D eigenvalue weighted by Crippen LogP contribution is -2.41. The van der Waals surface area contributed by atoms with Gasteiger partial charge in [-0.25, -0.2) is 29.9 Å². The molecule has 0 spiro atoms. The summed E-state index contributed by atoms with van der Waals surface area (Å²) in [7, 11) is -0.354. The van der Waals surface area contributed by atoms with E-state index in [0.29, 0.717) is 41.0 Å². The van der Waals surface area contributed by atoms with Gasteiger partial charge in [0.25, 0.3) is 0 Å². The van der Waals surface area contributed by atoms with Crippen molar-refractivity contribution in [1.82, 2.24) is 54.8 Å². The van der Waals surface area contributed by atoms with E-state index in [-0.39, 0.29) is 28.9 Å². The number of benzene rings is 6. The zero-order chi connectivity index (χ0) is 54.8. The fourth-order valence-corrected chi connectivity index (χ4v) is 8.84. The summed E-state index contributed by atoms with van der Waals surface area (Å²) in [5.74, 6) is 3.80. The van der Waals surface area contributed by atoms with Gasteiger partial charge in [0.2, 0.25) is 28.2 Å². The van der Waals surface area contributed by atoms with Gasteiger partial charge < -0.3 is 22.6 Å². The Labute approximate surface area is 468 Å². The summed E-state index contributed by atoms with van der Waals surface area (Å²) in [6.07, 6.45) is 6.76. The Bertz CT molecular complexity index is 4030. The minimum Gasteiger partial charge on any atom is -0.436 e. The van der Waals surface area contributed by atoms with Crippen LogP contribution in [-0.4, -0.2) is 73.1 Å². The second kappa shape index (κ2) is 21.8. The number of hydrogen-bond acceptors (Lipinski definition) is 16. The number of rotatable bonds is 8. The molecule has 0 unspecified atom stereocenters. The second-order valence-electron chi connectivity index (χ2n) is 19.3. The summed E-state index contributed by atoms with van der Waals surface area (Å²) in [5.41, 5.74) is 11.0. The first-order valence-corrected chi connectivity index (χ1v) is 26.0. The zero-order valence-corrected chi connectivity index (χ0v) is 44.8. The molecular formula is C61H44BCl2N11O5. The first kappa shape index (κ1) is 51.4. The average Bonchev–Trinajstić information content (AvgIpc) is 4.30. The summed E-state index contributed by atoms with van der Waals surface area (Å²) >= 11 is 11.3. The number of halogens is 2. The molecule has 1 aliphatic heterocycles. The van der Waals surface area contributed by atoms with Crippen molar-refractivity contribution in [3.8, 4) is 79.9 Å². The van der Waals surface area contributed by atoms with Crippen molar-refractivity contribution in [2.75, 3.05) is 0 Å². The van der Waals surface area contributed by atoms with Gasteiger partial charge in [0, 0.05) is 63.7 Å². The predicted molar refractivity (Wildman–Crippen MR) is 308 cm³/mol. The van der Waals surface area contributed by atoms with Gasteiger partial charge in [0.05, 0.1) is 11.2 Å². The largest absolute Gasteiger partial charge is 0.494 e. The van der Waals surface area contributed by atoms with Crippen molar-refractivity contribution in [2.45, 2.75) is 38.9 Å². The van der Waals surface area contributed by atoms with Crippen LogP contribution in [0.1, 0.15) is 27.7 Å². The van der Waals surface area contributed by atoms with Crippen LogP contribution in [0, 0.1) is 0 Å². The number of aromatic nitrogens is 11. The molecule has 1 fully saturated rings. The Morgan fingerprint density at radius 3 is 1.04 bits per heavy atom. The van der Waals surface area contributed by atoms with Crippen molar-refractivity contribution in [2.24, 2.45) is 0 Å². The first-order valence-electron chi connectivity index (χ1n) is 25.3. The van der Waals surface area contributed by atoms with Crippen molar-refractivity contribution in [3.63, 3.8) is 0 Å². The van der Waals surface area contributed by atoms with Gasteiger partial charge in [0.1, 0.15) is 16.6 Å². The summed E-state index contributed by atoms with van der Waals surface area (Å²) in [6.45, 7) is 8.22. The van der Waals surface area contributed by atoms with Gasteiger partial charge in [-0.05, 0) is 153 Å². The topological polar surface area (TPSA) is 200 Å². The van der Waals surface area contributed by atoms with Gasteiger partial charge in [-0.15, -0.1) is 0 Å². The number of fused-ring (bicyclic) bond motifs is 3. The summed E-state index contributed by atoms with van der Waals surface area (Å²) in [4.78, 5) is 47.9. The molecule has 0 N–H and O–H groups in total. The Kier molecular flexibility index (Phi) is 14.0. The molecule has 0 aliphatic carbocycles. The highest BCUT2D eigenvalue weighted by Crippen LogP contribution is 2.37. The van der Waals surface area contributed by atoms with Crippen LogP contribution in [0.15, 0.2) is 208 Å². The van der Waals surface area contributed by atoms with Crippen molar-refractivity contribution < 1.29 is 22.6 Å². The number of oxazole rings is 3. The fraction of sp³-hybridized carbons (Fsp3) is 0.0984. The van der Waals surface area contributed by atoms with Gasteiger partial charge in [-0.1, -0.05) is 72.8 Å². The van der Waals surface area contributed by atoms with Crippen LogP contribution in [0.4, 0.5) is 0 Å². The molecule has 0 bridgehead atoms. The molecule has 6 aromatic carbocycles. The fourth-order valence-electron chi connectivity index (χ4n) is 8.48. The standard InChI is InChI=1S/C34H20N6O2.C19H20BNO3.C8H4Cl2N4/c1-3-9-28-26(7-1)36-33(41-28)23-15-11-21(12-16-23)30-38-31(40-32(39-30)25-6-5-19-35-20-25)22-13-17-24(18-14-22)34-37-27-8-2-4-10-29(27)42-34;1-18(2)19(3,4)24-20(23-18)14-11-9-13(10-12-14)17-21-15-7-5-6-8-16(15)22-17;9-7-12-6(13-8(10)14-7)5-2-1-3-11-4-5/h1-20H;5-12H,1-4H3;1-4H. The predicted octanol–water partition coefficient (Wildman–Crippen LogP) is 13.9. The highest BCUT2D eigenvalue weighted by molar-refractivity contribution is 6.62. The van der Waals surface area contributed by atoms with Crippen LogP contribution in [0.3, 0.4) is 0 Å². The molecule has 0 amide bonds. The molecule has 390 valence electrons. The molecule has 13 aromatic rings. The van der Waals surface area contributed by atoms with E-state index in [1.165, 1.54) is 0 Å². The third-order valence-electron chi connectivity index (χ3n) is 13.4. The Hall–Kier alpha value is -9.39. The molecule has 14 rings (SSSR count). The summed E-state index contributed by atoms with van der Waals surface area (Å²) in [5, 5.41) is 0.146. The minimum atomic E-state index is -0.354. The highest BCUT2D eigenvalue weighted by Gasteiger charge is 2.51. The van der Waals surface area contributed by atoms with E-state index in [0.717, 1.165) is 77.7 Å². The van der Waals surface area contributed by atoms with E-state index in [4.69, 9.17) is 60.7 Å². The molecule has 8 heterocycles. The maximum absolute atomic E-state index is 6.08. The average molecular weight is 1090 g/mol. The molecule has 0 radical (unpaired) electrons. The zero-order valence-electron chi connectivity index (χ0n) is 43.3. The quantitative estimate of drug-likeness (QED) is 0.130. The SMILES string of the molecule is CC1(C)OB(c2ccc(-c3nc4ccccc4o3)cc2)OC1(C)C.Clc1nc(Cl)nc(-c2cccnc2)n1.c1cncc(-c2nc(-c3ccc(-c4nc5ccccc5o4)cc3)nc(-c3ccc(-c4nc5ccccc5o4)cc3)n2)c1. The maximum Gasteiger partial charge on any atom is 0.494 e. The Morgan fingerprint density at radius 2 is 0.675 bits per heavy atom. The maximum atomic E-state index is 6.08. The molecule has 0 atom stereocenters. The second-order valence-corrected chi connectivity index (χ2v) is 20.0. The van der Waals surface area contributed by atoms with Crippen LogP contribution >= 0.6 is 23.2 Å². The van der Waals surface area contributed by atoms with E-state index in [9.17, 15) is 0 Å². The summed E-state index contributed by atoms with van der Waals surface area (Å²) < 4.78 is 29.9. The highest BCUT2D eigenvalue weighted by atomic mass is 35.5. The summed E-state index contributed by atoms with van der Waals surface area (Å²) in [6, 6.07) is 54.3. The van der Waals surface area contributed by atoms with Crippen molar-refractivity contribution in [3.05, 3.63) is 205 Å². The molecule has 1 saturated heterocycles. The number of para-hydroxylation sites is 6. The first-order chi connectivity index (χ1) is 38.9. The Balaban J connectivity index is 0.000000140. The van der Waals surface area contributed by atoms with E-state index in [2.05, 4.69) is 67.6 Å². The van der Waals surface area contributed by atoms with Crippen LogP contribution in [0.2, 0.25) is 10.6 Å². The van der Waals surface area contributed by atoms with E-state index in [1.807, 2.05) is 164 Å². The number of pyridine rings is 2. The lowest BCUT2D eigenvalue weighted by atomic mass is 9.79. The molecule has 1 aliphatic rings. The molecule has 80 heavy (non-hydrogen) atoms. The van der Waals surface area contributed by atoms with Crippen LogP contribution < -0.4 is 5.46 Å². The van der Waals surface area contributed by atoms with E-state index in [1.54, 1.807) is 30.9 Å². The van der Waals surface area contributed by atoms with E-state index >= 15 is 0 Å². The lowest BCUT2D eigenvalue weighted by Gasteiger charge is -2.32. The number of nitrogens with zero attached hydrogens (tertiary/aromatic N) is 11. The van der Waals surface area contributed by atoms with Gasteiger partial charge in [0.15, 0.2) is 40.0 Å². The van der Waals surface area contributed by atoms with Crippen LogP contribution in [0.25, 0.3) is 113 Å². The third-order valence-corrected chi connectivity index (χ3v) is 13.7. The normalized spacial score (nSPS) is 13.4. The monoisotopic (exact) mass is 1090 g/mol. The van der Waals surface area contributed by atoms with Gasteiger partial charge in [-0.2, -0.15) is 15.0 Å². The molecular weight excluding hydrogens is 1050 g/mol. The van der Waals surface area contributed by atoms with Gasteiger partial charge in [-0.3, -0.25) is 9.97 Å². The third kappa shape index (κ3) is 11.0. The van der Waals surface area contributed by atoms with Crippen LogP contribution in [0.5, 0.6) is 0 Å². The lowest BCUT2D eigenvalue weighted by molar-refractivity contribution is 0.00578. The minimum absolute atomic E-state index is 0.0730. The van der Waals surface area contributed by atoms with Crippen molar-refractivity contribution in [1.29, 1.82) is 0 Å². The van der Waals surface area contributed by atoms with Crippen molar-refractivity contribution >= 4 is 69.1 Å². The van der Waals surface area contributed by atoms with Gasteiger partial charge >= 0.3 is 7.12 Å². The smallest absolute Gasteiger partial charge is 0.436 e. The molecule has 16 nitrogen and oxygen atoms in total. The number of hydrogen-bond donors (Lipinski definition) is 0. The molecule has 19 heteroatoms. The van der Waals surface area contributed by atoms with E-state index < -0.39 is 0 Å². The molecule has 0 saturated carbocycles. The molecule has 7 aromatic heterocycles. The Morgan fingerprint density at radius 1 is 0.338 bits per heavy atom.